The molecule has 0 heterocycles. The first-order valence-electron chi connectivity index (χ1n) is 6.46. The van der Waals surface area contributed by atoms with E-state index in [1.165, 1.54) is 0 Å². The molecule has 0 aliphatic rings. The zero-order valence-electron chi connectivity index (χ0n) is 11.8. The highest BCUT2D eigenvalue weighted by atomic mass is 79.9. The molecule has 106 valence electrons. The fourth-order valence-corrected chi connectivity index (χ4v) is 2.00. The van der Waals surface area contributed by atoms with Crippen LogP contribution in [0.1, 0.15) is 19.4 Å². The summed E-state index contributed by atoms with van der Waals surface area (Å²) in [7, 11) is 0. The highest BCUT2D eigenvalue weighted by molar-refractivity contribution is 9.10. The third-order valence-corrected chi connectivity index (χ3v) is 3.60. The third kappa shape index (κ3) is 3.67. The van der Waals surface area contributed by atoms with Crippen molar-refractivity contribution in [3.05, 3.63) is 46.4 Å². The summed E-state index contributed by atoms with van der Waals surface area (Å²) in [5, 5.41) is 0. The average molecular weight is 336 g/mol. The summed E-state index contributed by atoms with van der Waals surface area (Å²) in [6, 6.07) is 11.3. The van der Waals surface area contributed by atoms with E-state index >= 15 is 0 Å². The summed E-state index contributed by atoms with van der Waals surface area (Å²) in [6.45, 7) is 5.95. The van der Waals surface area contributed by atoms with Crippen LogP contribution in [0.3, 0.4) is 0 Å². The van der Waals surface area contributed by atoms with E-state index in [0.717, 1.165) is 15.8 Å². The Morgan fingerprint density at radius 2 is 1.70 bits per heavy atom. The van der Waals surface area contributed by atoms with Crippen LogP contribution in [-0.4, -0.2) is 6.10 Å². The van der Waals surface area contributed by atoms with Crippen LogP contribution in [0.5, 0.6) is 17.2 Å². The lowest BCUT2D eigenvalue weighted by Crippen LogP contribution is -2.07. The molecule has 4 heteroatoms. The number of benzene rings is 2. The van der Waals surface area contributed by atoms with Gasteiger partial charge in [-0.05, 0) is 56.7 Å². The van der Waals surface area contributed by atoms with Gasteiger partial charge in [0.25, 0.3) is 0 Å². The molecule has 0 saturated heterocycles. The first-order chi connectivity index (χ1) is 9.45. The minimum Gasteiger partial charge on any atom is -0.489 e. The number of nitrogen functional groups attached to an aromatic ring is 1. The van der Waals surface area contributed by atoms with Gasteiger partial charge in [0.1, 0.15) is 17.2 Å². The lowest BCUT2D eigenvalue weighted by Gasteiger charge is -2.14. The molecule has 0 amide bonds. The quantitative estimate of drug-likeness (QED) is 0.806. The van der Waals surface area contributed by atoms with Crippen LogP contribution in [0, 0.1) is 6.92 Å². The molecular weight excluding hydrogens is 318 g/mol. The molecule has 2 aromatic carbocycles. The highest BCUT2D eigenvalue weighted by Crippen LogP contribution is 2.31. The number of ether oxygens (including phenoxy) is 2. The van der Waals surface area contributed by atoms with Crippen LogP contribution in [0.15, 0.2) is 40.9 Å². The van der Waals surface area contributed by atoms with Gasteiger partial charge < -0.3 is 15.2 Å². The van der Waals surface area contributed by atoms with Crippen molar-refractivity contribution >= 4 is 21.6 Å². The lowest BCUT2D eigenvalue weighted by molar-refractivity contribution is 0.243. The number of anilines is 1. The summed E-state index contributed by atoms with van der Waals surface area (Å²) in [6.07, 6.45) is 0.0717. The van der Waals surface area contributed by atoms with Gasteiger partial charge in [-0.2, -0.15) is 0 Å². The summed E-state index contributed by atoms with van der Waals surface area (Å²) in [4.78, 5) is 0. The van der Waals surface area contributed by atoms with Gasteiger partial charge in [-0.3, -0.25) is 0 Å². The SMILES string of the molecule is Cc1cc(Oc2ccc(N)c(OC(C)C)c2)ccc1Br. The van der Waals surface area contributed by atoms with Crippen molar-refractivity contribution in [1.82, 2.24) is 0 Å². The van der Waals surface area contributed by atoms with Crippen LogP contribution < -0.4 is 15.2 Å². The van der Waals surface area contributed by atoms with Crippen molar-refractivity contribution in [3.8, 4) is 17.2 Å². The zero-order chi connectivity index (χ0) is 14.7. The van der Waals surface area contributed by atoms with E-state index in [2.05, 4.69) is 15.9 Å². The molecule has 2 N–H and O–H groups in total. The number of nitrogens with two attached hydrogens (primary N) is 1. The molecule has 20 heavy (non-hydrogen) atoms. The van der Waals surface area contributed by atoms with Crippen molar-refractivity contribution < 1.29 is 9.47 Å². The Morgan fingerprint density at radius 3 is 2.35 bits per heavy atom. The second kappa shape index (κ2) is 6.18. The van der Waals surface area contributed by atoms with Gasteiger partial charge in [0, 0.05) is 10.5 Å². The predicted molar refractivity (Wildman–Crippen MR) is 85.6 cm³/mol. The molecule has 0 radical (unpaired) electrons. The molecule has 3 nitrogen and oxygen atoms in total. The molecule has 0 fully saturated rings. The van der Waals surface area contributed by atoms with Crippen LogP contribution in [0.2, 0.25) is 0 Å². The van der Waals surface area contributed by atoms with E-state index in [1.807, 2.05) is 51.1 Å². The summed E-state index contributed by atoms with van der Waals surface area (Å²) < 4.78 is 12.5. The van der Waals surface area contributed by atoms with Crippen LogP contribution in [0.25, 0.3) is 0 Å². The first kappa shape index (κ1) is 14.7. The Bertz CT molecular complexity index is 611. The van der Waals surface area contributed by atoms with Crippen molar-refractivity contribution in [1.29, 1.82) is 0 Å². The maximum atomic E-state index is 5.89. The molecule has 0 saturated carbocycles. The Hall–Kier alpha value is -1.68. The second-order valence-electron chi connectivity index (χ2n) is 4.88. The number of aryl methyl sites for hydroxylation is 1. The maximum Gasteiger partial charge on any atom is 0.146 e. The smallest absolute Gasteiger partial charge is 0.146 e. The Morgan fingerprint density at radius 1 is 1.05 bits per heavy atom. The number of hydrogen-bond donors (Lipinski definition) is 1. The van der Waals surface area contributed by atoms with Crippen LogP contribution in [0.4, 0.5) is 5.69 Å². The predicted octanol–water partition coefficient (Wildman–Crippen LogP) is 4.92. The van der Waals surface area contributed by atoms with Gasteiger partial charge in [-0.1, -0.05) is 15.9 Å². The molecule has 0 bridgehead atoms. The molecule has 0 aromatic heterocycles. The van der Waals surface area contributed by atoms with Gasteiger partial charge in [0.2, 0.25) is 0 Å². The fourth-order valence-electron chi connectivity index (χ4n) is 1.75. The largest absolute Gasteiger partial charge is 0.489 e. The van der Waals surface area contributed by atoms with E-state index < -0.39 is 0 Å². The molecule has 2 rings (SSSR count). The topological polar surface area (TPSA) is 44.5 Å². The van der Waals surface area contributed by atoms with Crippen molar-refractivity contribution in [2.45, 2.75) is 26.9 Å². The molecule has 0 unspecified atom stereocenters. The Balaban J connectivity index is 2.22. The molecule has 0 aliphatic carbocycles. The monoisotopic (exact) mass is 335 g/mol. The molecule has 2 aromatic rings. The minimum atomic E-state index is 0.0717. The van der Waals surface area contributed by atoms with E-state index in [4.69, 9.17) is 15.2 Å². The molecule has 0 spiro atoms. The van der Waals surface area contributed by atoms with Crippen molar-refractivity contribution in [2.75, 3.05) is 5.73 Å². The molecule has 0 atom stereocenters. The molecular formula is C16H18BrNO2. The van der Waals surface area contributed by atoms with E-state index in [0.29, 0.717) is 17.2 Å². The van der Waals surface area contributed by atoms with Crippen molar-refractivity contribution in [2.24, 2.45) is 0 Å². The van der Waals surface area contributed by atoms with Crippen LogP contribution >= 0.6 is 15.9 Å². The van der Waals surface area contributed by atoms with E-state index in [-0.39, 0.29) is 6.10 Å². The standard InChI is InChI=1S/C16H18BrNO2/c1-10(2)19-16-9-13(5-7-15(16)18)20-12-4-6-14(17)11(3)8-12/h4-10H,18H2,1-3H3. The van der Waals surface area contributed by atoms with Gasteiger partial charge in [-0.15, -0.1) is 0 Å². The minimum absolute atomic E-state index is 0.0717. The zero-order valence-corrected chi connectivity index (χ0v) is 13.4. The molecule has 0 aliphatic heterocycles. The summed E-state index contributed by atoms with van der Waals surface area (Å²) in [5.74, 6) is 2.13. The second-order valence-corrected chi connectivity index (χ2v) is 5.73. The average Bonchev–Trinajstić information content (AvgIpc) is 2.37. The summed E-state index contributed by atoms with van der Waals surface area (Å²) in [5.41, 5.74) is 7.62. The fraction of sp³-hybridized carbons (Fsp3) is 0.250. The highest BCUT2D eigenvalue weighted by Gasteiger charge is 2.07. The number of rotatable bonds is 4. The van der Waals surface area contributed by atoms with Crippen molar-refractivity contribution in [3.63, 3.8) is 0 Å². The Kier molecular flexibility index (Phi) is 4.55. The maximum absolute atomic E-state index is 5.89. The first-order valence-corrected chi connectivity index (χ1v) is 7.25. The summed E-state index contributed by atoms with van der Waals surface area (Å²) >= 11 is 3.47. The number of hydrogen-bond acceptors (Lipinski definition) is 3. The number of halogens is 1. The Labute approximate surface area is 127 Å². The normalized spacial score (nSPS) is 10.7. The van der Waals surface area contributed by atoms with E-state index in [1.54, 1.807) is 6.07 Å². The van der Waals surface area contributed by atoms with Gasteiger partial charge >= 0.3 is 0 Å². The van der Waals surface area contributed by atoms with Crippen LogP contribution in [-0.2, 0) is 0 Å². The lowest BCUT2D eigenvalue weighted by atomic mass is 10.2. The van der Waals surface area contributed by atoms with E-state index in [9.17, 15) is 0 Å². The van der Waals surface area contributed by atoms with Gasteiger partial charge in [0.05, 0.1) is 11.8 Å². The third-order valence-electron chi connectivity index (χ3n) is 2.71. The van der Waals surface area contributed by atoms with Gasteiger partial charge in [0.15, 0.2) is 0 Å². The van der Waals surface area contributed by atoms with Gasteiger partial charge in [-0.25, -0.2) is 0 Å².